The highest BCUT2D eigenvalue weighted by molar-refractivity contribution is 5.84. The standard InChI is InChI=1S/C37H45N3O6/c1-23-11-14-31(45-21-26-13-12-25-19-39(16-15-28(25)24(26)2)35(42)46-36(3,4)5)29(17-23)30-9-8-10-33(38-30)40-20-27-18-37(27,34(41)44-7)32(40)22-43-6/h8-14,17,27,32H,15-16,18-22H2,1-7H3/t27?,32-,37-/m1/s1. The molecule has 9 heteroatoms. The summed E-state index contributed by atoms with van der Waals surface area (Å²) in [5.74, 6) is 1.65. The second-order valence-electron chi connectivity index (χ2n) is 13.9. The van der Waals surface area contributed by atoms with E-state index in [9.17, 15) is 9.59 Å². The summed E-state index contributed by atoms with van der Waals surface area (Å²) in [6, 6.07) is 16.3. The maximum atomic E-state index is 12.8. The number of aryl methyl sites for hydroxylation is 1. The van der Waals surface area contributed by atoms with Crippen molar-refractivity contribution in [1.29, 1.82) is 0 Å². The van der Waals surface area contributed by atoms with Crippen LogP contribution in [0.4, 0.5) is 10.6 Å². The van der Waals surface area contributed by atoms with Gasteiger partial charge in [0, 0.05) is 32.3 Å². The number of anilines is 1. The minimum absolute atomic E-state index is 0.130. The quantitative estimate of drug-likeness (QED) is 0.271. The average molecular weight is 628 g/mol. The van der Waals surface area contributed by atoms with E-state index in [1.54, 1.807) is 12.0 Å². The number of ether oxygens (including phenoxy) is 4. The third kappa shape index (κ3) is 5.93. The number of esters is 1. The molecule has 0 spiro atoms. The molecule has 1 unspecified atom stereocenters. The number of piperidine rings is 1. The Morgan fingerprint density at radius 3 is 2.61 bits per heavy atom. The SMILES string of the molecule is COC[C@H]1N(c2cccc(-c3cc(C)ccc3OCc3ccc4c(c3C)CCN(C(=O)OC(C)(C)C)C4)n2)CC2C[C@@]21C(=O)OC. The van der Waals surface area contributed by atoms with Gasteiger partial charge in [-0.25, -0.2) is 9.78 Å². The highest BCUT2D eigenvalue weighted by Crippen LogP contribution is 2.62. The highest BCUT2D eigenvalue weighted by Gasteiger charge is 2.71. The van der Waals surface area contributed by atoms with Crippen molar-refractivity contribution in [2.45, 2.75) is 72.3 Å². The van der Waals surface area contributed by atoms with E-state index in [2.05, 4.69) is 43.0 Å². The molecule has 3 aliphatic rings. The maximum Gasteiger partial charge on any atom is 0.410 e. The molecule has 1 amide bonds. The highest BCUT2D eigenvalue weighted by atomic mass is 16.6. The van der Waals surface area contributed by atoms with Gasteiger partial charge in [0.05, 0.1) is 30.9 Å². The van der Waals surface area contributed by atoms with Crippen molar-refractivity contribution in [2.75, 3.05) is 38.8 Å². The van der Waals surface area contributed by atoms with Gasteiger partial charge in [0.2, 0.25) is 0 Å². The molecule has 0 radical (unpaired) electrons. The number of aromatic nitrogens is 1. The summed E-state index contributed by atoms with van der Waals surface area (Å²) >= 11 is 0. The van der Waals surface area contributed by atoms with Crippen LogP contribution in [0, 0.1) is 25.2 Å². The van der Waals surface area contributed by atoms with Gasteiger partial charge in [0.25, 0.3) is 0 Å². The molecule has 0 N–H and O–H groups in total. The van der Waals surface area contributed by atoms with E-state index >= 15 is 0 Å². The molecule has 3 atom stereocenters. The van der Waals surface area contributed by atoms with Crippen molar-refractivity contribution in [3.8, 4) is 17.0 Å². The Bertz CT molecular complexity index is 1650. The Balaban J connectivity index is 1.21. The van der Waals surface area contributed by atoms with Crippen molar-refractivity contribution in [2.24, 2.45) is 11.3 Å². The lowest BCUT2D eigenvalue weighted by molar-refractivity contribution is -0.148. The Morgan fingerprint density at radius 2 is 1.87 bits per heavy atom. The molecule has 46 heavy (non-hydrogen) atoms. The van der Waals surface area contributed by atoms with Crippen LogP contribution >= 0.6 is 0 Å². The predicted molar refractivity (Wildman–Crippen MR) is 176 cm³/mol. The van der Waals surface area contributed by atoms with E-state index in [1.165, 1.54) is 18.2 Å². The lowest BCUT2D eigenvalue weighted by atomic mass is 9.92. The summed E-state index contributed by atoms with van der Waals surface area (Å²) in [4.78, 5) is 34.6. The zero-order valence-corrected chi connectivity index (χ0v) is 28.0. The van der Waals surface area contributed by atoms with Crippen LogP contribution in [-0.2, 0) is 38.6 Å². The van der Waals surface area contributed by atoms with Crippen LogP contribution in [-0.4, -0.2) is 67.5 Å². The van der Waals surface area contributed by atoms with E-state index in [0.717, 1.165) is 58.9 Å². The Hall–Kier alpha value is -4.11. The summed E-state index contributed by atoms with van der Waals surface area (Å²) in [7, 11) is 3.13. The lowest BCUT2D eigenvalue weighted by Crippen LogP contribution is -2.44. The number of pyridine rings is 1. The van der Waals surface area contributed by atoms with Crippen molar-refractivity contribution < 1.29 is 28.5 Å². The van der Waals surface area contributed by atoms with E-state index in [-0.39, 0.29) is 24.0 Å². The second-order valence-corrected chi connectivity index (χ2v) is 13.9. The van der Waals surface area contributed by atoms with Gasteiger partial charge in [-0.15, -0.1) is 0 Å². The van der Waals surface area contributed by atoms with Gasteiger partial charge in [0.1, 0.15) is 23.8 Å². The molecule has 9 nitrogen and oxygen atoms in total. The molecule has 0 bridgehead atoms. The minimum atomic E-state index is -0.527. The van der Waals surface area contributed by atoms with E-state index in [1.807, 2.05) is 45.0 Å². The number of hydrogen-bond donors (Lipinski definition) is 0. The van der Waals surface area contributed by atoms with Gasteiger partial charge >= 0.3 is 12.1 Å². The number of benzene rings is 2. The third-order valence-corrected chi connectivity index (χ3v) is 9.71. The molecule has 244 valence electrons. The first-order valence-electron chi connectivity index (χ1n) is 16.1. The van der Waals surface area contributed by atoms with Gasteiger partial charge in [-0.1, -0.05) is 29.8 Å². The Morgan fingerprint density at radius 1 is 1.07 bits per heavy atom. The van der Waals surface area contributed by atoms with Crippen LogP contribution in [0.15, 0.2) is 48.5 Å². The molecule has 2 aliphatic heterocycles. The molecule has 2 fully saturated rings. The zero-order valence-electron chi connectivity index (χ0n) is 28.0. The number of methoxy groups -OCH3 is 2. The smallest absolute Gasteiger partial charge is 0.410 e. The van der Waals surface area contributed by atoms with Gasteiger partial charge in [-0.05, 0) is 99.9 Å². The number of carbonyl (C=O) groups is 2. The average Bonchev–Trinajstić information content (AvgIpc) is 3.67. The zero-order chi connectivity index (χ0) is 32.8. The van der Waals surface area contributed by atoms with Crippen molar-refractivity contribution in [3.05, 3.63) is 76.3 Å². The normalized spacial score (nSPS) is 21.8. The Kier molecular flexibility index (Phi) is 8.48. The van der Waals surface area contributed by atoms with E-state index in [4.69, 9.17) is 23.9 Å². The molecule has 1 saturated carbocycles. The van der Waals surface area contributed by atoms with Crippen molar-refractivity contribution in [3.63, 3.8) is 0 Å². The molecular weight excluding hydrogens is 582 g/mol. The molecule has 1 aromatic heterocycles. The number of rotatable bonds is 8. The van der Waals surface area contributed by atoms with E-state index in [0.29, 0.717) is 26.3 Å². The van der Waals surface area contributed by atoms with Crippen molar-refractivity contribution in [1.82, 2.24) is 9.88 Å². The number of hydrogen-bond acceptors (Lipinski definition) is 8. The monoisotopic (exact) mass is 627 g/mol. The first kappa shape index (κ1) is 31.9. The summed E-state index contributed by atoms with van der Waals surface area (Å²) in [5, 5.41) is 0. The maximum absolute atomic E-state index is 12.8. The third-order valence-electron chi connectivity index (χ3n) is 9.71. The van der Waals surface area contributed by atoms with Crippen LogP contribution in [0.3, 0.4) is 0 Å². The molecule has 1 saturated heterocycles. The number of nitrogens with zero attached hydrogens (tertiary/aromatic N) is 3. The van der Waals surface area contributed by atoms with Crippen molar-refractivity contribution >= 4 is 17.9 Å². The fourth-order valence-corrected chi connectivity index (χ4v) is 7.24. The summed E-state index contributed by atoms with van der Waals surface area (Å²) in [5.41, 5.74) is 6.53. The lowest BCUT2D eigenvalue weighted by Gasteiger charge is -2.32. The molecule has 3 aromatic rings. The molecular formula is C37H45N3O6. The largest absolute Gasteiger partial charge is 0.488 e. The molecule has 3 heterocycles. The first-order valence-corrected chi connectivity index (χ1v) is 16.1. The summed E-state index contributed by atoms with van der Waals surface area (Å²) in [6.07, 6.45) is 1.33. The molecule has 2 aromatic carbocycles. The van der Waals surface area contributed by atoms with Gasteiger partial charge in [-0.2, -0.15) is 0 Å². The summed E-state index contributed by atoms with van der Waals surface area (Å²) < 4.78 is 22.9. The van der Waals surface area contributed by atoms with E-state index < -0.39 is 11.0 Å². The van der Waals surface area contributed by atoms with Crippen LogP contribution < -0.4 is 9.64 Å². The fraction of sp³-hybridized carbons (Fsp3) is 0.486. The van der Waals surface area contributed by atoms with Crippen LogP contribution in [0.1, 0.15) is 55.0 Å². The first-order chi connectivity index (χ1) is 21.9. The fourth-order valence-electron chi connectivity index (χ4n) is 7.24. The van der Waals surface area contributed by atoms with Crippen LogP contribution in [0.5, 0.6) is 5.75 Å². The van der Waals surface area contributed by atoms with Crippen LogP contribution in [0.25, 0.3) is 11.3 Å². The predicted octanol–water partition coefficient (Wildman–Crippen LogP) is 6.25. The molecule has 1 aliphatic carbocycles. The molecule has 6 rings (SSSR count). The number of amides is 1. The van der Waals surface area contributed by atoms with Gasteiger partial charge in [-0.3, -0.25) is 4.79 Å². The van der Waals surface area contributed by atoms with Crippen LogP contribution in [0.2, 0.25) is 0 Å². The minimum Gasteiger partial charge on any atom is -0.488 e. The topological polar surface area (TPSA) is 90.4 Å². The van der Waals surface area contributed by atoms with Gasteiger partial charge in [0.15, 0.2) is 0 Å². The second kappa shape index (κ2) is 12.2. The Labute approximate surface area is 271 Å². The number of carbonyl (C=O) groups excluding carboxylic acids is 2. The summed E-state index contributed by atoms with van der Waals surface area (Å²) in [6.45, 7) is 12.6. The number of fused-ring (bicyclic) bond motifs is 2. The van der Waals surface area contributed by atoms with Gasteiger partial charge < -0.3 is 28.7 Å².